The summed E-state index contributed by atoms with van der Waals surface area (Å²) in [7, 11) is 0. The molecule has 0 aromatic heterocycles. The van der Waals surface area contributed by atoms with Crippen LogP contribution < -0.4 is 5.32 Å². The number of nitriles is 1. The van der Waals surface area contributed by atoms with Gasteiger partial charge in [-0.05, 0) is 18.2 Å². The van der Waals surface area contributed by atoms with Crippen LogP contribution in [-0.2, 0) is 4.74 Å². The third-order valence-corrected chi connectivity index (χ3v) is 3.26. The van der Waals surface area contributed by atoms with Gasteiger partial charge in [0.15, 0.2) is 0 Å². The lowest BCUT2D eigenvalue weighted by Crippen LogP contribution is -2.46. The fourth-order valence-electron chi connectivity index (χ4n) is 2.00. The number of carbonyl (C=O) groups excluding carboxylic acids is 1. The maximum atomic E-state index is 11.9. The van der Waals surface area contributed by atoms with Gasteiger partial charge in [0.1, 0.15) is 0 Å². The number of benzene rings is 1. The first-order valence-corrected chi connectivity index (χ1v) is 6.21. The van der Waals surface area contributed by atoms with Gasteiger partial charge in [-0.1, -0.05) is 6.07 Å². The van der Waals surface area contributed by atoms with Crippen LogP contribution in [0.15, 0.2) is 24.3 Å². The Morgan fingerprint density at radius 1 is 1.47 bits per heavy atom. The average molecular weight is 260 g/mol. The lowest BCUT2D eigenvalue weighted by Gasteiger charge is -2.32. The normalized spacial score (nSPS) is 17.5. The van der Waals surface area contributed by atoms with Crippen molar-refractivity contribution < 1.29 is 14.6 Å². The molecule has 100 valence electrons. The van der Waals surface area contributed by atoms with Crippen LogP contribution in [0.4, 0.5) is 0 Å². The lowest BCUT2D eigenvalue weighted by molar-refractivity contribution is -0.0605. The number of rotatable bonds is 3. The number of nitrogens with one attached hydrogen (secondary N) is 1. The molecular formula is C14H16N2O3. The molecule has 0 radical (unpaired) electrons. The Hall–Kier alpha value is -1.90. The SMILES string of the molecule is N#Cc1cccc(C(=O)NCC2(O)CCOCC2)c1. The number of aliphatic hydroxyl groups is 1. The molecule has 1 heterocycles. The van der Waals surface area contributed by atoms with E-state index in [1.165, 1.54) is 6.07 Å². The molecule has 5 heteroatoms. The molecule has 19 heavy (non-hydrogen) atoms. The van der Waals surface area contributed by atoms with Crippen LogP contribution in [0.2, 0.25) is 0 Å². The van der Waals surface area contributed by atoms with Gasteiger partial charge in [0.25, 0.3) is 5.91 Å². The topological polar surface area (TPSA) is 82.4 Å². The van der Waals surface area contributed by atoms with Crippen LogP contribution in [0, 0.1) is 11.3 Å². The molecular weight excluding hydrogens is 244 g/mol. The van der Waals surface area contributed by atoms with E-state index in [2.05, 4.69) is 5.32 Å². The Morgan fingerprint density at radius 2 is 2.21 bits per heavy atom. The Labute approximate surface area is 111 Å². The van der Waals surface area contributed by atoms with Crippen molar-refractivity contribution >= 4 is 5.91 Å². The van der Waals surface area contributed by atoms with Crippen molar-refractivity contribution in [3.8, 4) is 6.07 Å². The second kappa shape index (κ2) is 5.83. The molecule has 1 amide bonds. The number of hydrogen-bond donors (Lipinski definition) is 2. The average Bonchev–Trinajstić information content (AvgIpc) is 2.46. The van der Waals surface area contributed by atoms with Crippen LogP contribution in [0.3, 0.4) is 0 Å². The molecule has 1 fully saturated rings. The Morgan fingerprint density at radius 3 is 2.89 bits per heavy atom. The smallest absolute Gasteiger partial charge is 0.251 e. The maximum absolute atomic E-state index is 11.9. The summed E-state index contributed by atoms with van der Waals surface area (Å²) >= 11 is 0. The number of ether oxygens (including phenoxy) is 1. The summed E-state index contributed by atoms with van der Waals surface area (Å²) in [6.45, 7) is 1.22. The summed E-state index contributed by atoms with van der Waals surface area (Å²) in [5.74, 6) is -0.281. The standard InChI is InChI=1S/C14H16N2O3/c15-9-11-2-1-3-12(8-11)13(17)16-10-14(18)4-6-19-7-5-14/h1-3,8,18H,4-7,10H2,(H,16,17). The number of carbonyl (C=O) groups is 1. The molecule has 0 aliphatic carbocycles. The molecule has 1 aliphatic rings. The monoisotopic (exact) mass is 260 g/mol. The minimum Gasteiger partial charge on any atom is -0.388 e. The van der Waals surface area contributed by atoms with Gasteiger partial charge < -0.3 is 15.2 Å². The molecule has 0 saturated carbocycles. The van der Waals surface area contributed by atoms with E-state index in [0.717, 1.165) is 0 Å². The molecule has 1 saturated heterocycles. The van der Waals surface area contributed by atoms with E-state index in [9.17, 15) is 9.90 Å². The van der Waals surface area contributed by atoms with Crippen molar-refractivity contribution in [2.24, 2.45) is 0 Å². The third kappa shape index (κ3) is 3.53. The third-order valence-electron chi connectivity index (χ3n) is 3.26. The second-order valence-corrected chi connectivity index (χ2v) is 4.71. The largest absolute Gasteiger partial charge is 0.388 e. The Balaban J connectivity index is 1.95. The van der Waals surface area contributed by atoms with E-state index >= 15 is 0 Å². The zero-order valence-electron chi connectivity index (χ0n) is 10.6. The van der Waals surface area contributed by atoms with Crippen molar-refractivity contribution in [2.75, 3.05) is 19.8 Å². The van der Waals surface area contributed by atoms with Gasteiger partial charge >= 0.3 is 0 Å². The highest BCUT2D eigenvalue weighted by atomic mass is 16.5. The molecule has 0 bridgehead atoms. The van der Waals surface area contributed by atoms with Gasteiger partial charge in [0.05, 0.1) is 17.2 Å². The summed E-state index contributed by atoms with van der Waals surface area (Å²) in [6, 6.07) is 8.47. The summed E-state index contributed by atoms with van der Waals surface area (Å²) in [5.41, 5.74) is -0.0204. The maximum Gasteiger partial charge on any atom is 0.251 e. The first kappa shape index (κ1) is 13.5. The summed E-state index contributed by atoms with van der Waals surface area (Å²) in [5, 5.41) is 21.7. The van der Waals surface area contributed by atoms with Gasteiger partial charge in [0.2, 0.25) is 0 Å². The predicted molar refractivity (Wildman–Crippen MR) is 68.5 cm³/mol. The lowest BCUT2D eigenvalue weighted by atomic mass is 9.94. The zero-order valence-corrected chi connectivity index (χ0v) is 10.6. The van der Waals surface area contributed by atoms with E-state index in [1.54, 1.807) is 18.2 Å². The van der Waals surface area contributed by atoms with Crippen LogP contribution in [0.25, 0.3) is 0 Å². The van der Waals surface area contributed by atoms with Gasteiger partial charge in [-0.25, -0.2) is 0 Å². The molecule has 0 spiro atoms. The van der Waals surface area contributed by atoms with Gasteiger partial charge in [-0.15, -0.1) is 0 Å². The first-order chi connectivity index (χ1) is 9.13. The summed E-state index contributed by atoms with van der Waals surface area (Å²) in [4.78, 5) is 11.9. The summed E-state index contributed by atoms with van der Waals surface area (Å²) in [6.07, 6.45) is 1.04. The number of amides is 1. The molecule has 2 N–H and O–H groups in total. The second-order valence-electron chi connectivity index (χ2n) is 4.71. The van der Waals surface area contributed by atoms with E-state index in [1.807, 2.05) is 6.07 Å². The molecule has 5 nitrogen and oxygen atoms in total. The van der Waals surface area contributed by atoms with Crippen molar-refractivity contribution in [3.63, 3.8) is 0 Å². The van der Waals surface area contributed by atoms with E-state index < -0.39 is 5.60 Å². The highest BCUT2D eigenvalue weighted by molar-refractivity contribution is 5.94. The molecule has 2 rings (SSSR count). The van der Waals surface area contributed by atoms with Gasteiger partial charge in [-0.2, -0.15) is 5.26 Å². The minimum atomic E-state index is -0.888. The predicted octanol–water partition coefficient (Wildman–Crippen LogP) is 0.830. The van der Waals surface area contributed by atoms with Crippen molar-refractivity contribution in [1.29, 1.82) is 5.26 Å². The molecule has 0 unspecified atom stereocenters. The van der Waals surface area contributed by atoms with Crippen LogP contribution in [-0.4, -0.2) is 36.4 Å². The zero-order chi connectivity index (χ0) is 13.7. The van der Waals surface area contributed by atoms with Crippen LogP contribution in [0.5, 0.6) is 0 Å². The van der Waals surface area contributed by atoms with Crippen molar-refractivity contribution in [2.45, 2.75) is 18.4 Å². The van der Waals surface area contributed by atoms with E-state index in [-0.39, 0.29) is 12.5 Å². The molecule has 1 aromatic carbocycles. The first-order valence-electron chi connectivity index (χ1n) is 6.21. The van der Waals surface area contributed by atoms with E-state index in [0.29, 0.717) is 37.2 Å². The quantitative estimate of drug-likeness (QED) is 0.843. The van der Waals surface area contributed by atoms with E-state index in [4.69, 9.17) is 10.00 Å². The highest BCUT2D eigenvalue weighted by Crippen LogP contribution is 2.19. The van der Waals surface area contributed by atoms with Gasteiger partial charge in [-0.3, -0.25) is 4.79 Å². The highest BCUT2D eigenvalue weighted by Gasteiger charge is 2.30. The number of hydrogen-bond acceptors (Lipinski definition) is 4. The fraction of sp³-hybridized carbons (Fsp3) is 0.429. The van der Waals surface area contributed by atoms with Crippen LogP contribution >= 0.6 is 0 Å². The van der Waals surface area contributed by atoms with Crippen LogP contribution in [0.1, 0.15) is 28.8 Å². The van der Waals surface area contributed by atoms with Gasteiger partial charge in [0, 0.05) is 38.2 Å². The molecule has 1 aromatic rings. The Bertz CT molecular complexity index is 502. The molecule has 1 aliphatic heterocycles. The van der Waals surface area contributed by atoms with Crippen molar-refractivity contribution in [3.05, 3.63) is 35.4 Å². The Kier molecular flexibility index (Phi) is 4.15. The summed E-state index contributed by atoms with van der Waals surface area (Å²) < 4.78 is 5.18. The fourth-order valence-corrected chi connectivity index (χ4v) is 2.00. The number of nitrogens with zero attached hydrogens (tertiary/aromatic N) is 1. The molecule has 0 atom stereocenters. The minimum absolute atomic E-state index is 0.200. The van der Waals surface area contributed by atoms with Crippen molar-refractivity contribution in [1.82, 2.24) is 5.32 Å².